The van der Waals surface area contributed by atoms with Crippen molar-refractivity contribution in [3.8, 4) is 0 Å². The molecule has 0 unspecified atom stereocenters. The lowest BCUT2D eigenvalue weighted by Crippen LogP contribution is -2.52. The number of nitrogens with one attached hydrogen (secondary N) is 1. The molecule has 1 aromatic heterocycles. The second-order valence-electron chi connectivity index (χ2n) is 7.94. The summed E-state index contributed by atoms with van der Waals surface area (Å²) in [7, 11) is 0. The van der Waals surface area contributed by atoms with Gasteiger partial charge in [0.1, 0.15) is 12.2 Å². The Morgan fingerprint density at radius 3 is 1.81 bits per heavy atom. The van der Waals surface area contributed by atoms with Gasteiger partial charge in [0.2, 0.25) is 0 Å². The first-order chi connectivity index (χ1) is 15.8. The van der Waals surface area contributed by atoms with Crippen molar-refractivity contribution in [1.29, 1.82) is 0 Å². The molecule has 4 aromatic rings. The van der Waals surface area contributed by atoms with Gasteiger partial charge in [-0.25, -0.2) is 4.98 Å². The molecule has 32 heavy (non-hydrogen) atoms. The number of aromatic amines is 1. The van der Waals surface area contributed by atoms with Crippen LogP contribution in [-0.4, -0.2) is 39.0 Å². The molecular weight excluding hydrogens is 396 g/mol. The highest BCUT2D eigenvalue weighted by atomic mass is 16.1. The first-order valence-electron chi connectivity index (χ1n) is 10.8. The second kappa shape index (κ2) is 8.73. The van der Waals surface area contributed by atoms with Crippen molar-refractivity contribution in [1.82, 2.24) is 20.1 Å². The number of hydrogen-bond acceptors (Lipinski definition) is 4. The van der Waals surface area contributed by atoms with Gasteiger partial charge in [-0.2, -0.15) is 5.10 Å². The molecule has 5 nitrogen and oxygen atoms in total. The number of aromatic nitrogens is 3. The molecule has 5 rings (SSSR count). The number of Topliss-reactive ketones (excluding diaryl/α,β-unsaturated/α-hetero) is 1. The Hall–Kier alpha value is -3.83. The van der Waals surface area contributed by atoms with E-state index < -0.39 is 5.54 Å². The van der Waals surface area contributed by atoms with Gasteiger partial charge < -0.3 is 0 Å². The van der Waals surface area contributed by atoms with Crippen LogP contribution in [0.25, 0.3) is 6.08 Å². The number of hydrogen-bond donors (Lipinski definition) is 1. The topological polar surface area (TPSA) is 61.9 Å². The fourth-order valence-corrected chi connectivity index (χ4v) is 4.72. The summed E-state index contributed by atoms with van der Waals surface area (Å²) in [6.07, 6.45) is 3.74. The number of ketones is 1. The maximum Gasteiger partial charge on any atom is 0.161 e. The largest absolute Gasteiger partial charge is 0.294 e. The van der Waals surface area contributed by atoms with Crippen LogP contribution >= 0.6 is 0 Å². The molecule has 0 saturated carbocycles. The number of carbonyl (C=O) groups is 1. The molecule has 0 aliphatic carbocycles. The summed E-state index contributed by atoms with van der Waals surface area (Å²) < 4.78 is 0. The van der Waals surface area contributed by atoms with Gasteiger partial charge in [0.25, 0.3) is 0 Å². The van der Waals surface area contributed by atoms with Crippen LogP contribution < -0.4 is 0 Å². The van der Waals surface area contributed by atoms with Crippen molar-refractivity contribution >= 4 is 11.9 Å². The zero-order valence-corrected chi connectivity index (χ0v) is 17.7. The molecule has 1 N–H and O–H groups in total. The van der Waals surface area contributed by atoms with Gasteiger partial charge in [0.05, 0.1) is 5.54 Å². The number of carbonyl (C=O) groups excluding carboxylic acids is 1. The van der Waals surface area contributed by atoms with Crippen LogP contribution in [0.5, 0.6) is 0 Å². The Morgan fingerprint density at radius 1 is 0.812 bits per heavy atom. The maximum atomic E-state index is 12.8. The van der Waals surface area contributed by atoms with E-state index in [1.54, 1.807) is 0 Å². The molecule has 0 bridgehead atoms. The van der Waals surface area contributed by atoms with E-state index in [4.69, 9.17) is 0 Å². The fourth-order valence-electron chi connectivity index (χ4n) is 4.72. The van der Waals surface area contributed by atoms with Gasteiger partial charge in [-0.05, 0) is 22.8 Å². The molecule has 1 fully saturated rings. The standard InChI is InChI=1S/C27H24N4O/c32-25-16-17-31(19-21(25)18-26-28-20-29-30-26)27(22-10-4-1-5-11-22,23-12-6-2-7-13-23)24-14-8-3-9-15-24/h1-15,18,20H,16-17,19H2,(H,28,29,30)/b21-18+. The maximum absolute atomic E-state index is 12.8. The Labute approximate surface area is 187 Å². The average Bonchev–Trinajstić information content (AvgIpc) is 3.37. The third-order valence-electron chi connectivity index (χ3n) is 6.12. The van der Waals surface area contributed by atoms with E-state index >= 15 is 0 Å². The highest BCUT2D eigenvalue weighted by Gasteiger charge is 2.44. The zero-order valence-electron chi connectivity index (χ0n) is 17.7. The van der Waals surface area contributed by atoms with Gasteiger partial charge in [-0.15, -0.1) is 0 Å². The van der Waals surface area contributed by atoms with Crippen molar-refractivity contribution in [3.05, 3.63) is 125 Å². The average molecular weight is 421 g/mol. The number of rotatable bonds is 5. The van der Waals surface area contributed by atoms with Gasteiger partial charge in [0.15, 0.2) is 5.78 Å². The minimum atomic E-state index is -0.537. The minimum absolute atomic E-state index is 0.153. The summed E-state index contributed by atoms with van der Waals surface area (Å²) in [6, 6.07) is 31.7. The van der Waals surface area contributed by atoms with E-state index in [2.05, 4.69) is 92.9 Å². The van der Waals surface area contributed by atoms with E-state index in [1.165, 1.54) is 23.0 Å². The predicted molar refractivity (Wildman–Crippen MR) is 125 cm³/mol. The highest BCUT2D eigenvalue weighted by Crippen LogP contribution is 2.43. The lowest BCUT2D eigenvalue weighted by Gasteiger charge is -2.47. The number of H-pyrrole nitrogens is 1. The van der Waals surface area contributed by atoms with Crippen LogP contribution in [0.15, 0.2) is 103 Å². The molecule has 0 amide bonds. The van der Waals surface area contributed by atoms with Crippen molar-refractivity contribution in [2.75, 3.05) is 13.1 Å². The normalized spacial score (nSPS) is 16.4. The lowest BCUT2D eigenvalue weighted by atomic mass is 9.74. The molecule has 1 aliphatic rings. The van der Waals surface area contributed by atoms with Gasteiger partial charge in [-0.3, -0.25) is 14.8 Å². The van der Waals surface area contributed by atoms with Crippen LogP contribution in [0.4, 0.5) is 0 Å². The molecule has 5 heteroatoms. The zero-order chi connectivity index (χ0) is 21.8. The Morgan fingerprint density at radius 2 is 1.34 bits per heavy atom. The van der Waals surface area contributed by atoms with E-state index in [9.17, 15) is 4.79 Å². The molecule has 0 atom stereocenters. The van der Waals surface area contributed by atoms with Gasteiger partial charge in [0, 0.05) is 25.1 Å². The van der Waals surface area contributed by atoms with Crippen LogP contribution in [0.3, 0.4) is 0 Å². The van der Waals surface area contributed by atoms with E-state index in [0.717, 1.165) is 5.57 Å². The second-order valence-corrected chi connectivity index (χ2v) is 7.94. The molecule has 1 saturated heterocycles. The molecular formula is C27H24N4O. The van der Waals surface area contributed by atoms with E-state index in [1.807, 2.05) is 24.3 Å². The van der Waals surface area contributed by atoms with Crippen LogP contribution in [0.1, 0.15) is 28.9 Å². The molecule has 158 valence electrons. The summed E-state index contributed by atoms with van der Waals surface area (Å²) in [5, 5.41) is 6.76. The Kier molecular flexibility index (Phi) is 5.48. The first-order valence-corrected chi connectivity index (χ1v) is 10.8. The molecule has 0 spiro atoms. The van der Waals surface area contributed by atoms with Crippen molar-refractivity contribution < 1.29 is 4.79 Å². The molecule has 0 radical (unpaired) electrons. The van der Waals surface area contributed by atoms with Crippen LogP contribution in [0.2, 0.25) is 0 Å². The summed E-state index contributed by atoms with van der Waals surface area (Å²) >= 11 is 0. The fraction of sp³-hybridized carbons (Fsp3) is 0.148. The third kappa shape index (κ3) is 3.57. The Balaban J connectivity index is 1.72. The van der Waals surface area contributed by atoms with E-state index in [0.29, 0.717) is 25.3 Å². The first kappa shape index (κ1) is 20.1. The number of piperidine rings is 1. The van der Waals surface area contributed by atoms with Gasteiger partial charge in [-0.1, -0.05) is 91.0 Å². The van der Waals surface area contributed by atoms with Crippen molar-refractivity contribution in [3.63, 3.8) is 0 Å². The summed E-state index contributed by atoms with van der Waals surface area (Å²) in [4.78, 5) is 19.5. The molecule has 3 aromatic carbocycles. The molecule has 2 heterocycles. The highest BCUT2D eigenvalue weighted by molar-refractivity contribution is 6.00. The summed E-state index contributed by atoms with van der Waals surface area (Å²) in [6.45, 7) is 1.17. The van der Waals surface area contributed by atoms with Crippen molar-refractivity contribution in [2.45, 2.75) is 12.0 Å². The van der Waals surface area contributed by atoms with Gasteiger partial charge >= 0.3 is 0 Å². The number of nitrogens with zero attached hydrogens (tertiary/aromatic N) is 3. The van der Waals surface area contributed by atoms with Crippen LogP contribution in [-0.2, 0) is 10.3 Å². The Bertz CT molecular complexity index is 1110. The third-order valence-corrected chi connectivity index (χ3v) is 6.12. The SMILES string of the molecule is O=C1CCN(C(c2ccccc2)(c2ccccc2)c2ccccc2)C/C1=C\c1ncn[nH]1. The smallest absolute Gasteiger partial charge is 0.161 e. The quantitative estimate of drug-likeness (QED) is 0.383. The summed E-state index contributed by atoms with van der Waals surface area (Å²) in [5.74, 6) is 0.751. The number of benzene rings is 3. The molecule has 1 aliphatic heterocycles. The minimum Gasteiger partial charge on any atom is -0.294 e. The van der Waals surface area contributed by atoms with Crippen LogP contribution in [0, 0.1) is 0 Å². The predicted octanol–water partition coefficient (Wildman–Crippen LogP) is 4.46. The lowest BCUT2D eigenvalue weighted by molar-refractivity contribution is -0.117. The summed E-state index contributed by atoms with van der Waals surface area (Å²) in [5.41, 5.74) is 3.72. The van der Waals surface area contributed by atoms with Crippen molar-refractivity contribution in [2.24, 2.45) is 0 Å². The van der Waals surface area contributed by atoms with E-state index in [-0.39, 0.29) is 5.78 Å². The monoisotopic (exact) mass is 420 g/mol. The number of likely N-dealkylation sites (tertiary alicyclic amines) is 1.